The SMILES string of the molecule is C/C(=N/Nc1nnc(-n2nc(C)cc2C)nn1)c1ccc2c(c1)OCO2. The Labute approximate surface area is 148 Å². The first kappa shape index (κ1) is 15.9. The number of benzene rings is 1. The standard InChI is InChI=1S/C16H16N8O2/c1-9-6-10(2)24(23-9)16-21-19-15(20-22-16)18-17-11(3)12-4-5-13-14(7-12)26-8-25-13/h4-7H,8H2,1-3H3,(H,18,19,20)/b17-11-. The van der Waals surface area contributed by atoms with Crippen LogP contribution < -0.4 is 14.9 Å². The highest BCUT2D eigenvalue weighted by Gasteiger charge is 2.14. The van der Waals surface area contributed by atoms with Gasteiger partial charge in [-0.05, 0) is 45.0 Å². The lowest BCUT2D eigenvalue weighted by atomic mass is 10.1. The number of hydrogen-bond acceptors (Lipinski definition) is 9. The van der Waals surface area contributed by atoms with Gasteiger partial charge >= 0.3 is 0 Å². The third-order valence-electron chi connectivity index (χ3n) is 3.78. The largest absolute Gasteiger partial charge is 0.454 e. The molecule has 0 atom stereocenters. The first-order chi connectivity index (χ1) is 12.6. The maximum atomic E-state index is 5.37. The van der Waals surface area contributed by atoms with Crippen molar-refractivity contribution in [2.45, 2.75) is 20.8 Å². The Morgan fingerprint density at radius 3 is 2.58 bits per heavy atom. The summed E-state index contributed by atoms with van der Waals surface area (Å²) in [4.78, 5) is 0. The third kappa shape index (κ3) is 3.04. The summed E-state index contributed by atoms with van der Waals surface area (Å²) < 4.78 is 12.3. The van der Waals surface area contributed by atoms with Crippen LogP contribution in [0.15, 0.2) is 29.4 Å². The molecule has 1 aliphatic heterocycles. The van der Waals surface area contributed by atoms with E-state index in [4.69, 9.17) is 9.47 Å². The molecule has 132 valence electrons. The Morgan fingerprint density at radius 2 is 1.85 bits per heavy atom. The van der Waals surface area contributed by atoms with Gasteiger partial charge in [0.2, 0.25) is 6.79 Å². The maximum Gasteiger partial charge on any atom is 0.289 e. The molecule has 26 heavy (non-hydrogen) atoms. The Bertz CT molecular complexity index is 980. The zero-order valence-electron chi connectivity index (χ0n) is 14.5. The van der Waals surface area contributed by atoms with Crippen LogP contribution in [0.25, 0.3) is 5.95 Å². The molecule has 0 saturated carbocycles. The minimum Gasteiger partial charge on any atom is -0.454 e. The van der Waals surface area contributed by atoms with Crippen molar-refractivity contribution in [2.75, 3.05) is 12.2 Å². The molecule has 0 amide bonds. The van der Waals surface area contributed by atoms with E-state index >= 15 is 0 Å². The maximum absolute atomic E-state index is 5.37. The van der Waals surface area contributed by atoms with Gasteiger partial charge in [-0.3, -0.25) is 0 Å². The van der Waals surface area contributed by atoms with E-state index in [9.17, 15) is 0 Å². The molecule has 3 heterocycles. The first-order valence-corrected chi connectivity index (χ1v) is 7.91. The van der Waals surface area contributed by atoms with Gasteiger partial charge in [-0.1, -0.05) is 0 Å². The summed E-state index contributed by atoms with van der Waals surface area (Å²) >= 11 is 0. The van der Waals surface area contributed by atoms with Gasteiger partial charge in [0.1, 0.15) is 0 Å². The van der Waals surface area contributed by atoms with Crippen LogP contribution in [0.3, 0.4) is 0 Å². The van der Waals surface area contributed by atoms with E-state index in [1.165, 1.54) is 0 Å². The normalized spacial score (nSPS) is 13.1. The van der Waals surface area contributed by atoms with Crippen molar-refractivity contribution in [3.05, 3.63) is 41.2 Å². The van der Waals surface area contributed by atoms with Gasteiger partial charge in [0.05, 0.1) is 11.4 Å². The van der Waals surface area contributed by atoms with Crippen LogP contribution in [0.1, 0.15) is 23.9 Å². The molecule has 3 aromatic rings. The van der Waals surface area contributed by atoms with E-state index in [2.05, 4.69) is 36.0 Å². The van der Waals surface area contributed by atoms with Crippen LogP contribution in [-0.2, 0) is 0 Å². The monoisotopic (exact) mass is 352 g/mol. The molecule has 0 saturated heterocycles. The molecule has 0 unspecified atom stereocenters. The highest BCUT2D eigenvalue weighted by atomic mass is 16.7. The van der Waals surface area contributed by atoms with Crippen molar-refractivity contribution in [3.63, 3.8) is 0 Å². The number of rotatable bonds is 4. The molecule has 1 N–H and O–H groups in total. The summed E-state index contributed by atoms with van der Waals surface area (Å²) in [6.07, 6.45) is 0. The molecule has 10 heteroatoms. The van der Waals surface area contributed by atoms with E-state index in [1.807, 2.05) is 45.0 Å². The van der Waals surface area contributed by atoms with Crippen LogP contribution in [0.4, 0.5) is 5.95 Å². The fourth-order valence-electron chi connectivity index (χ4n) is 2.50. The molecule has 2 aromatic heterocycles. The molecule has 10 nitrogen and oxygen atoms in total. The second-order valence-electron chi connectivity index (χ2n) is 5.74. The topological polar surface area (TPSA) is 112 Å². The summed E-state index contributed by atoms with van der Waals surface area (Å²) in [6.45, 7) is 5.90. The fourth-order valence-corrected chi connectivity index (χ4v) is 2.50. The lowest BCUT2D eigenvalue weighted by Gasteiger charge is -2.04. The van der Waals surface area contributed by atoms with Crippen LogP contribution in [0.5, 0.6) is 11.5 Å². The smallest absolute Gasteiger partial charge is 0.289 e. The Morgan fingerprint density at radius 1 is 1.08 bits per heavy atom. The molecule has 1 aromatic carbocycles. The van der Waals surface area contributed by atoms with E-state index in [0.717, 1.165) is 28.4 Å². The number of nitrogens with zero attached hydrogens (tertiary/aromatic N) is 7. The zero-order valence-corrected chi connectivity index (χ0v) is 14.5. The number of aromatic nitrogens is 6. The molecule has 4 rings (SSSR count). The van der Waals surface area contributed by atoms with Gasteiger partial charge in [-0.15, -0.1) is 20.4 Å². The molecule has 0 bridgehead atoms. The summed E-state index contributed by atoms with van der Waals surface area (Å²) in [5.41, 5.74) is 6.15. The van der Waals surface area contributed by atoms with Crippen molar-refractivity contribution < 1.29 is 9.47 Å². The fraction of sp³-hybridized carbons (Fsp3) is 0.250. The van der Waals surface area contributed by atoms with Crippen LogP contribution >= 0.6 is 0 Å². The highest BCUT2D eigenvalue weighted by Crippen LogP contribution is 2.32. The molecule has 0 fully saturated rings. The number of aryl methyl sites for hydroxylation is 2. The van der Waals surface area contributed by atoms with E-state index < -0.39 is 0 Å². The Hall–Kier alpha value is -3.56. The number of nitrogens with one attached hydrogen (secondary N) is 1. The van der Waals surface area contributed by atoms with Gasteiger partial charge in [-0.2, -0.15) is 10.2 Å². The van der Waals surface area contributed by atoms with Gasteiger partial charge in [0.25, 0.3) is 11.9 Å². The summed E-state index contributed by atoms with van der Waals surface area (Å²) in [6, 6.07) is 7.54. The number of anilines is 1. The van der Waals surface area contributed by atoms with Gasteiger partial charge < -0.3 is 9.47 Å². The Kier molecular flexibility index (Phi) is 3.92. The second kappa shape index (κ2) is 6.39. The van der Waals surface area contributed by atoms with Crippen molar-refractivity contribution >= 4 is 11.7 Å². The zero-order chi connectivity index (χ0) is 18.1. The van der Waals surface area contributed by atoms with E-state index in [-0.39, 0.29) is 12.7 Å². The molecule has 1 aliphatic rings. The van der Waals surface area contributed by atoms with E-state index in [1.54, 1.807) is 4.68 Å². The average molecular weight is 352 g/mol. The van der Waals surface area contributed by atoms with Crippen LogP contribution in [0.2, 0.25) is 0 Å². The lowest BCUT2D eigenvalue weighted by Crippen LogP contribution is -2.10. The van der Waals surface area contributed by atoms with Crippen LogP contribution in [-0.4, -0.2) is 42.7 Å². The molecule has 0 radical (unpaired) electrons. The summed E-state index contributed by atoms with van der Waals surface area (Å²) in [5.74, 6) is 1.92. The summed E-state index contributed by atoms with van der Waals surface area (Å²) in [5, 5.41) is 24.6. The highest BCUT2D eigenvalue weighted by molar-refractivity contribution is 5.99. The van der Waals surface area contributed by atoms with Crippen molar-refractivity contribution in [3.8, 4) is 17.4 Å². The number of fused-ring (bicyclic) bond motifs is 1. The minimum absolute atomic E-state index is 0.190. The van der Waals surface area contributed by atoms with Gasteiger partial charge in [0.15, 0.2) is 11.5 Å². The van der Waals surface area contributed by atoms with Crippen LogP contribution in [0, 0.1) is 13.8 Å². The molecule has 0 aliphatic carbocycles. The van der Waals surface area contributed by atoms with Crippen molar-refractivity contribution in [2.24, 2.45) is 5.10 Å². The minimum atomic E-state index is 0.190. The number of hydrogen-bond donors (Lipinski definition) is 1. The predicted molar refractivity (Wildman–Crippen MR) is 92.6 cm³/mol. The average Bonchev–Trinajstić information content (AvgIpc) is 3.25. The lowest BCUT2D eigenvalue weighted by molar-refractivity contribution is 0.174. The number of ether oxygens (including phenoxy) is 2. The number of hydrazone groups is 1. The quantitative estimate of drug-likeness (QED) is 0.557. The molecular weight excluding hydrogens is 336 g/mol. The van der Waals surface area contributed by atoms with Gasteiger partial charge in [-0.25, -0.2) is 10.1 Å². The molecule has 0 spiro atoms. The summed E-state index contributed by atoms with van der Waals surface area (Å²) in [7, 11) is 0. The Balaban J connectivity index is 1.49. The molecular formula is C16H16N8O2. The van der Waals surface area contributed by atoms with Crippen molar-refractivity contribution in [1.29, 1.82) is 0 Å². The predicted octanol–water partition coefficient (Wildman–Crippen LogP) is 1.63. The third-order valence-corrected chi connectivity index (χ3v) is 3.78. The second-order valence-corrected chi connectivity index (χ2v) is 5.74. The first-order valence-electron chi connectivity index (χ1n) is 7.91. The van der Waals surface area contributed by atoms with Gasteiger partial charge in [0, 0.05) is 11.3 Å². The van der Waals surface area contributed by atoms with Crippen molar-refractivity contribution in [1.82, 2.24) is 30.2 Å². The van der Waals surface area contributed by atoms with E-state index in [0.29, 0.717) is 11.7 Å².